The van der Waals surface area contributed by atoms with Crippen molar-refractivity contribution in [3.63, 3.8) is 0 Å². The minimum Gasteiger partial charge on any atom is -0.485 e. The molecule has 2 aliphatic heterocycles. The zero-order valence-electron chi connectivity index (χ0n) is 16.0. The standard InChI is InChI=1S/C19H20N6O5/c20-19(22-17-6-5-13(11-21-17)25(27)28)24-9-7-23(8-10-24)18(26)16-12-29-14-3-1-2-4-15(14)30-16/h1-6,11,16H,7-10,12H2,(H2,20,21,22). The van der Waals surface area contributed by atoms with Crippen LogP contribution in [-0.4, -0.2) is 70.5 Å². The second-order valence-corrected chi connectivity index (χ2v) is 6.78. The Labute approximate surface area is 171 Å². The van der Waals surface area contributed by atoms with E-state index >= 15 is 0 Å². The van der Waals surface area contributed by atoms with Crippen LogP contribution < -0.4 is 15.2 Å². The number of carbonyl (C=O) groups is 1. The lowest BCUT2D eigenvalue weighted by atomic mass is 10.2. The number of para-hydroxylation sites is 2. The third-order valence-electron chi connectivity index (χ3n) is 4.87. The molecule has 1 fully saturated rings. The second-order valence-electron chi connectivity index (χ2n) is 6.78. The zero-order valence-corrected chi connectivity index (χ0v) is 16.0. The minimum absolute atomic E-state index is 0.115. The summed E-state index contributed by atoms with van der Waals surface area (Å²) in [5, 5.41) is 10.7. The molecule has 0 radical (unpaired) electrons. The number of rotatable bonds is 3. The van der Waals surface area contributed by atoms with Crippen molar-refractivity contribution in [2.75, 3.05) is 32.8 Å². The molecular formula is C19H20N6O5. The average molecular weight is 412 g/mol. The van der Waals surface area contributed by atoms with E-state index in [1.807, 2.05) is 17.0 Å². The number of aromatic nitrogens is 1. The van der Waals surface area contributed by atoms with Crippen molar-refractivity contribution in [2.45, 2.75) is 6.10 Å². The van der Waals surface area contributed by atoms with Gasteiger partial charge in [-0.25, -0.2) is 4.98 Å². The summed E-state index contributed by atoms with van der Waals surface area (Å²) in [6.07, 6.45) is 0.453. The van der Waals surface area contributed by atoms with Crippen molar-refractivity contribution >= 4 is 23.4 Å². The fourth-order valence-corrected chi connectivity index (χ4v) is 3.24. The molecule has 4 rings (SSSR count). The number of nitrogens with zero attached hydrogens (tertiary/aromatic N) is 5. The Morgan fingerprint density at radius 3 is 2.50 bits per heavy atom. The number of nitro groups is 1. The van der Waals surface area contributed by atoms with E-state index in [-0.39, 0.29) is 30.0 Å². The summed E-state index contributed by atoms with van der Waals surface area (Å²) in [6, 6.07) is 10.0. The Morgan fingerprint density at radius 1 is 1.13 bits per heavy atom. The monoisotopic (exact) mass is 412 g/mol. The first-order valence-corrected chi connectivity index (χ1v) is 9.38. The normalized spacial score (nSPS) is 18.8. The fourth-order valence-electron chi connectivity index (χ4n) is 3.24. The van der Waals surface area contributed by atoms with Gasteiger partial charge in [0.25, 0.3) is 11.6 Å². The molecule has 3 heterocycles. The van der Waals surface area contributed by atoms with Gasteiger partial charge in [-0.15, -0.1) is 0 Å². The maximum absolute atomic E-state index is 12.8. The number of hydrogen-bond donors (Lipinski definition) is 1. The summed E-state index contributed by atoms with van der Waals surface area (Å²) in [7, 11) is 0. The molecule has 2 aliphatic rings. The molecule has 156 valence electrons. The summed E-state index contributed by atoms with van der Waals surface area (Å²) in [6.45, 7) is 2.09. The number of aliphatic imine (C=N–C) groups is 1. The topological polar surface area (TPSA) is 136 Å². The predicted molar refractivity (Wildman–Crippen MR) is 107 cm³/mol. The number of hydrogen-bond acceptors (Lipinski definition) is 7. The van der Waals surface area contributed by atoms with E-state index in [9.17, 15) is 14.9 Å². The van der Waals surface area contributed by atoms with Gasteiger partial charge in [-0.05, 0) is 18.2 Å². The van der Waals surface area contributed by atoms with Gasteiger partial charge in [-0.1, -0.05) is 12.1 Å². The van der Waals surface area contributed by atoms with Crippen LogP contribution in [0.15, 0.2) is 47.6 Å². The molecule has 11 heteroatoms. The van der Waals surface area contributed by atoms with E-state index in [0.717, 1.165) is 6.20 Å². The second kappa shape index (κ2) is 8.23. The van der Waals surface area contributed by atoms with Gasteiger partial charge >= 0.3 is 0 Å². The van der Waals surface area contributed by atoms with Gasteiger partial charge in [0.05, 0.1) is 4.92 Å². The number of benzene rings is 1. The van der Waals surface area contributed by atoms with Crippen LogP contribution in [0.2, 0.25) is 0 Å². The number of carbonyl (C=O) groups excluding carboxylic acids is 1. The number of pyridine rings is 1. The summed E-state index contributed by atoms with van der Waals surface area (Å²) in [5.74, 6) is 1.59. The highest BCUT2D eigenvalue weighted by Crippen LogP contribution is 2.31. The third kappa shape index (κ3) is 4.09. The van der Waals surface area contributed by atoms with Crippen LogP contribution in [0.1, 0.15) is 0 Å². The highest BCUT2D eigenvalue weighted by atomic mass is 16.6. The lowest BCUT2D eigenvalue weighted by molar-refractivity contribution is -0.385. The molecule has 0 spiro atoms. The van der Waals surface area contributed by atoms with Gasteiger partial charge in [0.15, 0.2) is 23.3 Å². The van der Waals surface area contributed by atoms with E-state index in [4.69, 9.17) is 15.2 Å². The van der Waals surface area contributed by atoms with Crippen LogP contribution >= 0.6 is 0 Å². The van der Waals surface area contributed by atoms with Crippen molar-refractivity contribution in [3.8, 4) is 11.5 Å². The van der Waals surface area contributed by atoms with Crippen molar-refractivity contribution < 1.29 is 19.2 Å². The minimum atomic E-state index is -0.679. The van der Waals surface area contributed by atoms with Crippen LogP contribution in [0.25, 0.3) is 0 Å². The SMILES string of the molecule is NC(=Nc1ccc([N+](=O)[O-])cn1)N1CCN(C(=O)C2COc3ccccc3O2)CC1. The third-order valence-corrected chi connectivity index (χ3v) is 4.87. The average Bonchev–Trinajstić information content (AvgIpc) is 2.78. The molecule has 1 atom stereocenters. The molecule has 0 bridgehead atoms. The molecule has 1 aromatic carbocycles. The summed E-state index contributed by atoms with van der Waals surface area (Å²) >= 11 is 0. The summed E-state index contributed by atoms with van der Waals surface area (Å²) < 4.78 is 11.4. The number of nitrogens with two attached hydrogens (primary N) is 1. The molecule has 1 saturated heterocycles. The number of guanidine groups is 1. The largest absolute Gasteiger partial charge is 0.485 e. The zero-order chi connectivity index (χ0) is 21.1. The van der Waals surface area contributed by atoms with Gasteiger partial charge in [0, 0.05) is 32.2 Å². The fraction of sp³-hybridized carbons (Fsp3) is 0.316. The van der Waals surface area contributed by atoms with Crippen LogP contribution in [0.4, 0.5) is 11.5 Å². The van der Waals surface area contributed by atoms with Gasteiger partial charge in [-0.2, -0.15) is 4.99 Å². The Balaban J connectivity index is 1.33. The summed E-state index contributed by atoms with van der Waals surface area (Å²) in [4.78, 5) is 34.6. The molecule has 1 aromatic heterocycles. The van der Waals surface area contributed by atoms with Crippen molar-refractivity contribution in [3.05, 3.63) is 52.7 Å². The molecule has 2 N–H and O–H groups in total. The molecule has 1 unspecified atom stereocenters. The quantitative estimate of drug-likeness (QED) is 0.340. The number of fused-ring (bicyclic) bond motifs is 1. The van der Waals surface area contributed by atoms with Crippen LogP contribution in [0.5, 0.6) is 11.5 Å². The number of piperazine rings is 1. The first kappa shape index (κ1) is 19.4. The molecule has 30 heavy (non-hydrogen) atoms. The predicted octanol–water partition coefficient (Wildman–Crippen LogP) is 0.920. The molecule has 0 aliphatic carbocycles. The Kier molecular flexibility index (Phi) is 5.33. The highest BCUT2D eigenvalue weighted by molar-refractivity contribution is 5.83. The maximum Gasteiger partial charge on any atom is 0.287 e. The van der Waals surface area contributed by atoms with Crippen LogP contribution in [0.3, 0.4) is 0 Å². The summed E-state index contributed by atoms with van der Waals surface area (Å²) in [5.41, 5.74) is 5.94. The van der Waals surface area contributed by atoms with Crippen molar-refractivity contribution in [1.82, 2.24) is 14.8 Å². The maximum atomic E-state index is 12.8. The van der Waals surface area contributed by atoms with Crippen LogP contribution in [-0.2, 0) is 4.79 Å². The van der Waals surface area contributed by atoms with Crippen molar-refractivity contribution in [1.29, 1.82) is 0 Å². The number of ether oxygens (including phenoxy) is 2. The highest BCUT2D eigenvalue weighted by Gasteiger charge is 2.33. The van der Waals surface area contributed by atoms with E-state index in [0.29, 0.717) is 37.7 Å². The first-order valence-electron chi connectivity index (χ1n) is 9.38. The number of amides is 1. The molecular weight excluding hydrogens is 392 g/mol. The van der Waals surface area contributed by atoms with Crippen molar-refractivity contribution in [2.24, 2.45) is 10.7 Å². The smallest absolute Gasteiger partial charge is 0.287 e. The van der Waals surface area contributed by atoms with Gasteiger partial charge in [0.2, 0.25) is 6.10 Å². The Morgan fingerprint density at radius 2 is 1.83 bits per heavy atom. The van der Waals surface area contributed by atoms with E-state index in [1.165, 1.54) is 12.1 Å². The van der Waals surface area contributed by atoms with E-state index in [1.54, 1.807) is 17.0 Å². The molecule has 11 nitrogen and oxygen atoms in total. The van der Waals surface area contributed by atoms with Gasteiger partial charge in [0.1, 0.15) is 12.8 Å². The lowest BCUT2D eigenvalue weighted by Crippen LogP contribution is -2.56. The lowest BCUT2D eigenvalue weighted by Gasteiger charge is -2.37. The van der Waals surface area contributed by atoms with Gasteiger partial charge < -0.3 is 25.0 Å². The van der Waals surface area contributed by atoms with E-state index in [2.05, 4.69) is 9.98 Å². The van der Waals surface area contributed by atoms with Gasteiger partial charge in [-0.3, -0.25) is 14.9 Å². The van der Waals surface area contributed by atoms with Crippen LogP contribution in [0, 0.1) is 10.1 Å². The first-order chi connectivity index (χ1) is 14.5. The molecule has 2 aromatic rings. The Hall–Kier alpha value is -3.89. The van der Waals surface area contributed by atoms with E-state index < -0.39 is 11.0 Å². The Bertz CT molecular complexity index is 972. The molecule has 0 saturated carbocycles. The molecule has 1 amide bonds.